The maximum atomic E-state index is 12.2. The molecule has 0 aromatic heterocycles. The summed E-state index contributed by atoms with van der Waals surface area (Å²) in [5.41, 5.74) is 6.99. The zero-order chi connectivity index (χ0) is 14.0. The number of halogens is 1. The molecule has 1 fully saturated rings. The van der Waals surface area contributed by atoms with Crippen molar-refractivity contribution in [2.24, 2.45) is 11.8 Å². The van der Waals surface area contributed by atoms with E-state index in [4.69, 9.17) is 5.73 Å². The molecule has 1 aromatic carbocycles. The summed E-state index contributed by atoms with van der Waals surface area (Å²) in [5.74, 6) is 1.40. The number of nitrogens with two attached hydrogens (primary N) is 1. The molecule has 1 saturated carbocycles. The van der Waals surface area contributed by atoms with Crippen LogP contribution >= 0.6 is 15.9 Å². The summed E-state index contributed by atoms with van der Waals surface area (Å²) in [6.45, 7) is 4.55. The van der Waals surface area contributed by atoms with Gasteiger partial charge in [-0.3, -0.25) is 4.79 Å². The smallest absolute Gasteiger partial charge is 0.251 e. The van der Waals surface area contributed by atoms with Gasteiger partial charge in [-0.05, 0) is 49.3 Å². The van der Waals surface area contributed by atoms with E-state index in [-0.39, 0.29) is 5.91 Å². The van der Waals surface area contributed by atoms with E-state index >= 15 is 0 Å². The van der Waals surface area contributed by atoms with E-state index in [1.165, 1.54) is 6.42 Å². The lowest BCUT2D eigenvalue weighted by molar-refractivity contribution is 0.0910. The average Bonchev–Trinajstić information content (AvgIpc) is 2.32. The second kappa shape index (κ2) is 5.95. The van der Waals surface area contributed by atoms with Gasteiger partial charge in [0.2, 0.25) is 0 Å². The molecule has 0 aliphatic heterocycles. The van der Waals surface area contributed by atoms with Crippen LogP contribution in [0.5, 0.6) is 0 Å². The molecule has 3 unspecified atom stereocenters. The summed E-state index contributed by atoms with van der Waals surface area (Å²) in [6.07, 6.45) is 3.32. The quantitative estimate of drug-likeness (QED) is 0.817. The molecule has 1 aromatic rings. The van der Waals surface area contributed by atoms with Crippen molar-refractivity contribution in [2.45, 2.75) is 39.2 Å². The lowest BCUT2D eigenvalue weighted by atomic mass is 9.79. The van der Waals surface area contributed by atoms with Gasteiger partial charge in [0.15, 0.2) is 0 Å². The second-order valence-electron chi connectivity index (χ2n) is 5.71. The van der Waals surface area contributed by atoms with Crippen LogP contribution in [-0.2, 0) is 0 Å². The Morgan fingerprint density at radius 3 is 2.63 bits per heavy atom. The maximum absolute atomic E-state index is 12.2. The van der Waals surface area contributed by atoms with Gasteiger partial charge in [0.05, 0.1) is 0 Å². The third kappa shape index (κ3) is 3.72. The van der Waals surface area contributed by atoms with E-state index in [1.807, 2.05) is 0 Å². The van der Waals surface area contributed by atoms with E-state index in [2.05, 4.69) is 35.1 Å². The molecule has 0 spiro atoms. The molecule has 19 heavy (non-hydrogen) atoms. The summed E-state index contributed by atoms with van der Waals surface area (Å²) >= 11 is 3.36. The fourth-order valence-corrected chi connectivity index (χ4v) is 3.20. The Morgan fingerprint density at radius 2 is 2.00 bits per heavy atom. The largest absolute Gasteiger partial charge is 0.399 e. The predicted octanol–water partition coefficient (Wildman–Crippen LogP) is 3.59. The van der Waals surface area contributed by atoms with Crippen LogP contribution in [0.1, 0.15) is 43.5 Å². The van der Waals surface area contributed by atoms with Crippen molar-refractivity contribution in [1.82, 2.24) is 5.32 Å². The van der Waals surface area contributed by atoms with Crippen LogP contribution in [0.15, 0.2) is 22.7 Å². The molecule has 3 atom stereocenters. The molecule has 1 aliphatic rings. The van der Waals surface area contributed by atoms with Gasteiger partial charge in [0.1, 0.15) is 0 Å². The fourth-order valence-electron chi connectivity index (χ4n) is 2.69. The number of hydrogen-bond acceptors (Lipinski definition) is 2. The number of hydrogen-bond donors (Lipinski definition) is 2. The second-order valence-corrected chi connectivity index (χ2v) is 6.63. The van der Waals surface area contributed by atoms with Gasteiger partial charge in [0.25, 0.3) is 5.91 Å². The van der Waals surface area contributed by atoms with Crippen LogP contribution in [0.4, 0.5) is 5.69 Å². The molecule has 1 aliphatic carbocycles. The van der Waals surface area contributed by atoms with Crippen molar-refractivity contribution >= 4 is 27.5 Å². The number of amides is 1. The topological polar surface area (TPSA) is 55.1 Å². The van der Waals surface area contributed by atoms with Crippen LogP contribution in [0, 0.1) is 11.8 Å². The number of anilines is 1. The number of rotatable bonds is 2. The Kier molecular flexibility index (Phi) is 4.50. The molecular formula is C15H21BrN2O. The van der Waals surface area contributed by atoms with Crippen LogP contribution in [-0.4, -0.2) is 11.9 Å². The first kappa shape index (κ1) is 14.4. The Bertz CT molecular complexity index is 455. The number of benzene rings is 1. The highest BCUT2D eigenvalue weighted by Crippen LogP contribution is 2.29. The van der Waals surface area contributed by atoms with Crippen molar-refractivity contribution < 1.29 is 4.79 Å². The predicted molar refractivity (Wildman–Crippen MR) is 82.0 cm³/mol. The first-order chi connectivity index (χ1) is 8.95. The van der Waals surface area contributed by atoms with Gasteiger partial charge in [-0.25, -0.2) is 0 Å². The minimum Gasteiger partial charge on any atom is -0.399 e. The highest BCUT2D eigenvalue weighted by Gasteiger charge is 2.25. The van der Waals surface area contributed by atoms with Gasteiger partial charge in [-0.2, -0.15) is 0 Å². The van der Waals surface area contributed by atoms with Crippen molar-refractivity contribution in [1.29, 1.82) is 0 Å². The van der Waals surface area contributed by atoms with Gasteiger partial charge in [0, 0.05) is 21.8 Å². The minimum absolute atomic E-state index is 0.0280. The van der Waals surface area contributed by atoms with E-state index in [0.29, 0.717) is 23.2 Å². The lowest BCUT2D eigenvalue weighted by Crippen LogP contribution is -2.39. The van der Waals surface area contributed by atoms with Crippen LogP contribution < -0.4 is 11.1 Å². The first-order valence-electron chi connectivity index (χ1n) is 6.82. The van der Waals surface area contributed by atoms with E-state index in [9.17, 15) is 4.79 Å². The van der Waals surface area contributed by atoms with Gasteiger partial charge < -0.3 is 11.1 Å². The van der Waals surface area contributed by atoms with E-state index in [0.717, 1.165) is 23.2 Å². The van der Waals surface area contributed by atoms with E-state index < -0.39 is 0 Å². The number of nitrogen functional groups attached to an aromatic ring is 1. The maximum Gasteiger partial charge on any atom is 0.251 e. The van der Waals surface area contributed by atoms with Gasteiger partial charge >= 0.3 is 0 Å². The Hall–Kier alpha value is -1.03. The Balaban J connectivity index is 2.01. The normalized spacial score (nSPS) is 27.0. The Morgan fingerprint density at radius 1 is 1.26 bits per heavy atom. The van der Waals surface area contributed by atoms with Crippen molar-refractivity contribution in [3.8, 4) is 0 Å². The monoisotopic (exact) mass is 324 g/mol. The fraction of sp³-hybridized carbons (Fsp3) is 0.533. The molecule has 0 bridgehead atoms. The average molecular weight is 325 g/mol. The van der Waals surface area contributed by atoms with Crippen molar-refractivity contribution in [2.75, 3.05) is 5.73 Å². The summed E-state index contributed by atoms with van der Waals surface area (Å²) in [6, 6.07) is 5.61. The van der Waals surface area contributed by atoms with Crippen LogP contribution in [0.2, 0.25) is 0 Å². The molecule has 0 heterocycles. The SMILES string of the molecule is CC1CCC(NC(=O)c2cc(N)cc(Br)c2)CC1C. The lowest BCUT2D eigenvalue weighted by Gasteiger charge is -2.32. The first-order valence-corrected chi connectivity index (χ1v) is 7.62. The number of carbonyl (C=O) groups excluding carboxylic acids is 1. The molecule has 0 saturated heterocycles. The standard InChI is InChI=1S/C15H21BrN2O/c1-9-3-4-14(5-10(9)2)18-15(19)11-6-12(16)8-13(17)7-11/h6-10,14H,3-5,17H2,1-2H3,(H,18,19). The van der Waals surface area contributed by atoms with Gasteiger partial charge in [-0.1, -0.05) is 29.8 Å². The summed E-state index contributed by atoms with van der Waals surface area (Å²) in [7, 11) is 0. The summed E-state index contributed by atoms with van der Waals surface area (Å²) in [4.78, 5) is 12.2. The molecule has 2 rings (SSSR count). The number of nitrogens with one attached hydrogen (secondary N) is 1. The zero-order valence-electron chi connectivity index (χ0n) is 11.4. The molecule has 3 N–H and O–H groups in total. The molecule has 4 heteroatoms. The highest BCUT2D eigenvalue weighted by molar-refractivity contribution is 9.10. The minimum atomic E-state index is -0.0280. The van der Waals surface area contributed by atoms with Crippen molar-refractivity contribution in [3.05, 3.63) is 28.2 Å². The zero-order valence-corrected chi connectivity index (χ0v) is 13.0. The van der Waals surface area contributed by atoms with Crippen molar-refractivity contribution in [3.63, 3.8) is 0 Å². The Labute approximate surface area is 123 Å². The van der Waals surface area contributed by atoms with Crippen LogP contribution in [0.3, 0.4) is 0 Å². The molecule has 104 valence electrons. The van der Waals surface area contributed by atoms with Crippen LogP contribution in [0.25, 0.3) is 0 Å². The molecule has 3 nitrogen and oxygen atoms in total. The molecule has 1 amide bonds. The van der Waals surface area contributed by atoms with Gasteiger partial charge in [-0.15, -0.1) is 0 Å². The number of carbonyl (C=O) groups is 1. The molecular weight excluding hydrogens is 304 g/mol. The third-order valence-corrected chi connectivity index (χ3v) is 4.57. The summed E-state index contributed by atoms with van der Waals surface area (Å²) in [5, 5.41) is 3.13. The molecule has 0 radical (unpaired) electrons. The highest BCUT2D eigenvalue weighted by atomic mass is 79.9. The summed E-state index contributed by atoms with van der Waals surface area (Å²) < 4.78 is 0.836. The van der Waals surface area contributed by atoms with E-state index in [1.54, 1.807) is 18.2 Å². The third-order valence-electron chi connectivity index (χ3n) is 4.12.